The summed E-state index contributed by atoms with van der Waals surface area (Å²) in [6.45, 7) is 5.09. The number of anilines is 2. The van der Waals surface area contributed by atoms with Gasteiger partial charge in [-0.25, -0.2) is 9.59 Å². The molecule has 3 N–H and O–H groups in total. The molecule has 1 aromatic carbocycles. The molecule has 1 heterocycles. The van der Waals surface area contributed by atoms with E-state index in [4.69, 9.17) is 24.7 Å². The van der Waals surface area contributed by atoms with Crippen LogP contribution < -0.4 is 31.4 Å². The van der Waals surface area contributed by atoms with Gasteiger partial charge in [-0.05, 0) is 25.0 Å². The summed E-state index contributed by atoms with van der Waals surface area (Å²) >= 11 is 0. The molecule has 2 aromatic rings. The molecule has 0 radical (unpaired) electrons. The van der Waals surface area contributed by atoms with Crippen molar-refractivity contribution >= 4 is 23.4 Å². The molecule has 0 spiro atoms. The highest BCUT2D eigenvalue weighted by atomic mass is 16.6. The van der Waals surface area contributed by atoms with Crippen molar-refractivity contribution in [3.8, 4) is 11.5 Å². The molecule has 35 heavy (non-hydrogen) atoms. The van der Waals surface area contributed by atoms with Gasteiger partial charge in [-0.2, -0.15) is 0 Å². The van der Waals surface area contributed by atoms with E-state index in [0.717, 1.165) is 4.90 Å². The van der Waals surface area contributed by atoms with Gasteiger partial charge in [0.15, 0.2) is 30.4 Å². The summed E-state index contributed by atoms with van der Waals surface area (Å²) in [6.07, 6.45) is 0. The van der Waals surface area contributed by atoms with E-state index >= 15 is 0 Å². The van der Waals surface area contributed by atoms with Crippen LogP contribution in [0.5, 0.6) is 11.5 Å². The molecular formula is C23H32N4O8. The Morgan fingerprint density at radius 2 is 1.77 bits per heavy atom. The van der Waals surface area contributed by atoms with Crippen molar-refractivity contribution in [3.63, 3.8) is 0 Å². The van der Waals surface area contributed by atoms with E-state index < -0.39 is 36.3 Å². The number of benzene rings is 1. The minimum Gasteiger partial charge on any atom is -0.490 e. The quantitative estimate of drug-likeness (QED) is 0.386. The standard InChI is InChI=1S/C23H32N4O8/c1-5-33-16-8-6-7-9-17(16)34-14-19(29)35-13-18(28)26(10-11-32-4)20-21(24)27(12-15(2)3)23(31)25-22(20)30/h6-9,15H,5,10-14,24H2,1-4H3,(H,25,30,31). The van der Waals surface area contributed by atoms with Gasteiger partial charge in [0.1, 0.15) is 5.82 Å². The third-order valence-electron chi connectivity index (χ3n) is 4.70. The number of aromatic nitrogens is 2. The maximum Gasteiger partial charge on any atom is 0.344 e. The molecule has 0 fully saturated rings. The fraction of sp³-hybridized carbons (Fsp3) is 0.478. The van der Waals surface area contributed by atoms with Crippen LogP contribution in [-0.4, -0.2) is 61.5 Å². The molecule has 0 unspecified atom stereocenters. The Kier molecular flexibility index (Phi) is 10.3. The summed E-state index contributed by atoms with van der Waals surface area (Å²) in [5, 5.41) is 0. The maximum atomic E-state index is 12.9. The molecule has 0 atom stereocenters. The van der Waals surface area contributed by atoms with Crippen molar-refractivity contribution in [2.24, 2.45) is 5.92 Å². The first-order valence-corrected chi connectivity index (χ1v) is 11.1. The Morgan fingerprint density at radius 1 is 1.11 bits per heavy atom. The number of hydrogen-bond acceptors (Lipinski definition) is 9. The smallest absolute Gasteiger partial charge is 0.344 e. The van der Waals surface area contributed by atoms with Crippen molar-refractivity contribution in [2.45, 2.75) is 27.3 Å². The monoisotopic (exact) mass is 492 g/mol. The second-order valence-corrected chi connectivity index (χ2v) is 7.86. The van der Waals surface area contributed by atoms with Crippen LogP contribution in [0, 0.1) is 5.92 Å². The number of methoxy groups -OCH3 is 1. The van der Waals surface area contributed by atoms with E-state index in [2.05, 4.69) is 4.98 Å². The zero-order valence-electron chi connectivity index (χ0n) is 20.4. The van der Waals surface area contributed by atoms with Crippen LogP contribution in [0.15, 0.2) is 33.9 Å². The number of nitrogen functional groups attached to an aromatic ring is 1. The Hall–Kier alpha value is -3.80. The van der Waals surface area contributed by atoms with E-state index in [9.17, 15) is 19.2 Å². The third kappa shape index (κ3) is 7.60. The summed E-state index contributed by atoms with van der Waals surface area (Å²) in [6, 6.07) is 6.82. The number of hydrogen-bond donors (Lipinski definition) is 2. The molecule has 1 aromatic heterocycles. The summed E-state index contributed by atoms with van der Waals surface area (Å²) in [5.74, 6) is -0.827. The number of H-pyrrole nitrogens is 1. The molecule has 1 amide bonds. The van der Waals surface area contributed by atoms with Crippen molar-refractivity contribution in [3.05, 3.63) is 45.1 Å². The van der Waals surface area contributed by atoms with Gasteiger partial charge in [-0.1, -0.05) is 26.0 Å². The van der Waals surface area contributed by atoms with Crippen LogP contribution in [0.1, 0.15) is 20.8 Å². The Balaban J connectivity index is 2.15. The number of aromatic amines is 1. The van der Waals surface area contributed by atoms with Gasteiger partial charge in [-0.3, -0.25) is 24.0 Å². The van der Waals surface area contributed by atoms with Gasteiger partial charge >= 0.3 is 11.7 Å². The lowest BCUT2D eigenvalue weighted by atomic mass is 10.2. The number of ether oxygens (including phenoxy) is 4. The molecule has 0 bridgehead atoms. The number of nitrogens with two attached hydrogens (primary N) is 1. The Bertz CT molecular complexity index is 1130. The number of carbonyl (C=O) groups excluding carboxylic acids is 2. The topological polar surface area (TPSA) is 155 Å². The molecule has 12 heteroatoms. The Morgan fingerprint density at radius 3 is 2.37 bits per heavy atom. The highest BCUT2D eigenvalue weighted by Crippen LogP contribution is 2.26. The molecule has 0 aliphatic rings. The second kappa shape index (κ2) is 13.2. The lowest BCUT2D eigenvalue weighted by Crippen LogP contribution is -2.44. The average Bonchev–Trinajstić information content (AvgIpc) is 2.81. The minimum absolute atomic E-state index is 0.0469. The molecule has 12 nitrogen and oxygen atoms in total. The van der Waals surface area contributed by atoms with Crippen LogP contribution in [0.4, 0.5) is 11.5 Å². The van der Waals surface area contributed by atoms with Crippen molar-refractivity contribution in [2.75, 3.05) is 50.7 Å². The molecule has 0 saturated heterocycles. The summed E-state index contributed by atoms with van der Waals surface area (Å²) < 4.78 is 22.1. The minimum atomic E-state index is -0.834. The van der Waals surface area contributed by atoms with Crippen LogP contribution in [-0.2, 0) is 25.6 Å². The fourth-order valence-corrected chi connectivity index (χ4v) is 3.17. The summed E-state index contributed by atoms with van der Waals surface area (Å²) in [4.78, 5) is 53.1. The summed E-state index contributed by atoms with van der Waals surface area (Å²) in [5.41, 5.74) is 4.39. The number of rotatable bonds is 13. The molecular weight excluding hydrogens is 460 g/mol. The van der Waals surface area contributed by atoms with E-state index in [1.807, 2.05) is 20.8 Å². The first-order valence-electron chi connectivity index (χ1n) is 11.1. The number of amides is 1. The molecule has 2 rings (SSSR count). The SMILES string of the molecule is CCOc1ccccc1OCC(=O)OCC(=O)N(CCOC)c1c(N)n(CC(C)C)c(=O)[nH]c1=O. The van der Waals surface area contributed by atoms with Gasteiger partial charge in [0.05, 0.1) is 13.2 Å². The third-order valence-corrected chi connectivity index (χ3v) is 4.70. The zero-order chi connectivity index (χ0) is 26.0. The van der Waals surface area contributed by atoms with Gasteiger partial charge in [0, 0.05) is 20.2 Å². The van der Waals surface area contributed by atoms with Gasteiger partial charge < -0.3 is 24.7 Å². The number of esters is 1. The number of nitrogens with zero attached hydrogens (tertiary/aromatic N) is 2. The maximum absolute atomic E-state index is 12.9. The van der Waals surface area contributed by atoms with E-state index in [1.54, 1.807) is 24.3 Å². The normalized spacial score (nSPS) is 10.8. The van der Waals surface area contributed by atoms with Gasteiger partial charge in [-0.15, -0.1) is 0 Å². The molecule has 0 aliphatic carbocycles. The van der Waals surface area contributed by atoms with Crippen molar-refractivity contribution < 1.29 is 28.5 Å². The molecule has 192 valence electrons. The lowest BCUT2D eigenvalue weighted by molar-refractivity contribution is -0.149. The highest BCUT2D eigenvalue weighted by Gasteiger charge is 2.25. The van der Waals surface area contributed by atoms with Crippen LogP contribution in [0.2, 0.25) is 0 Å². The predicted octanol–water partition coefficient (Wildman–Crippen LogP) is 0.775. The van der Waals surface area contributed by atoms with Gasteiger partial charge in [0.2, 0.25) is 0 Å². The molecule has 0 saturated carbocycles. The number of carbonyl (C=O) groups is 2. The van der Waals surface area contributed by atoms with Crippen molar-refractivity contribution in [1.82, 2.24) is 9.55 Å². The number of nitrogens with one attached hydrogen (secondary N) is 1. The largest absolute Gasteiger partial charge is 0.490 e. The van der Waals surface area contributed by atoms with E-state index in [0.29, 0.717) is 18.1 Å². The number of para-hydroxylation sites is 2. The summed E-state index contributed by atoms with van der Waals surface area (Å²) in [7, 11) is 1.42. The van der Waals surface area contributed by atoms with Crippen LogP contribution in [0.3, 0.4) is 0 Å². The molecule has 0 aliphatic heterocycles. The average molecular weight is 493 g/mol. The first-order chi connectivity index (χ1) is 16.7. The van der Waals surface area contributed by atoms with Crippen LogP contribution >= 0.6 is 0 Å². The van der Waals surface area contributed by atoms with Crippen molar-refractivity contribution in [1.29, 1.82) is 0 Å². The van der Waals surface area contributed by atoms with Gasteiger partial charge in [0.25, 0.3) is 11.5 Å². The zero-order valence-corrected chi connectivity index (χ0v) is 20.4. The van der Waals surface area contributed by atoms with Crippen LogP contribution in [0.25, 0.3) is 0 Å². The predicted molar refractivity (Wildman–Crippen MR) is 129 cm³/mol. The second-order valence-electron chi connectivity index (χ2n) is 7.86. The van der Waals surface area contributed by atoms with E-state index in [1.165, 1.54) is 11.7 Å². The lowest BCUT2D eigenvalue weighted by Gasteiger charge is -2.24. The highest BCUT2D eigenvalue weighted by molar-refractivity contribution is 5.97. The van der Waals surface area contributed by atoms with E-state index in [-0.39, 0.29) is 37.1 Å². The fourth-order valence-electron chi connectivity index (χ4n) is 3.17. The Labute approximate surface area is 202 Å². The first kappa shape index (κ1) is 27.4.